The Bertz CT molecular complexity index is 758. The van der Waals surface area contributed by atoms with Crippen LogP contribution in [0.4, 0.5) is 0 Å². The third-order valence-electron chi connectivity index (χ3n) is 2.96. The van der Waals surface area contributed by atoms with Gasteiger partial charge in [0.05, 0.1) is 7.11 Å². The lowest BCUT2D eigenvalue weighted by Gasteiger charge is -2.10. The summed E-state index contributed by atoms with van der Waals surface area (Å²) in [5, 5.41) is 1.90. The van der Waals surface area contributed by atoms with Crippen LogP contribution in [-0.2, 0) is 0 Å². The Kier molecular flexibility index (Phi) is 3.56. The highest BCUT2D eigenvalue weighted by molar-refractivity contribution is 9.10. The predicted octanol–water partition coefficient (Wildman–Crippen LogP) is 4.80. The zero-order valence-corrected chi connectivity index (χ0v) is 12.4. The Labute approximate surface area is 125 Å². The smallest absolute Gasteiger partial charge is 0.227 e. The maximum absolute atomic E-state index is 5.88. The summed E-state index contributed by atoms with van der Waals surface area (Å²) in [6, 6.07) is 15.4. The van der Waals surface area contributed by atoms with Crippen LogP contribution in [0, 0.1) is 0 Å². The Morgan fingerprint density at radius 1 is 1.00 bits per heavy atom. The monoisotopic (exact) mass is 329 g/mol. The van der Waals surface area contributed by atoms with Gasteiger partial charge in [-0.1, -0.05) is 28.1 Å². The molecular formula is C16H12BrNO2. The van der Waals surface area contributed by atoms with Crippen molar-refractivity contribution in [2.45, 2.75) is 0 Å². The quantitative estimate of drug-likeness (QED) is 0.691. The van der Waals surface area contributed by atoms with Crippen LogP contribution in [0.2, 0.25) is 0 Å². The van der Waals surface area contributed by atoms with Crippen LogP contribution >= 0.6 is 15.9 Å². The summed E-state index contributed by atoms with van der Waals surface area (Å²) in [6.07, 6.45) is 1.72. The maximum Gasteiger partial charge on any atom is 0.227 e. The van der Waals surface area contributed by atoms with Gasteiger partial charge in [0, 0.05) is 21.4 Å². The summed E-state index contributed by atoms with van der Waals surface area (Å²) in [7, 11) is 1.66. The molecule has 0 aliphatic carbocycles. The molecule has 0 fully saturated rings. The molecule has 20 heavy (non-hydrogen) atoms. The summed E-state index contributed by atoms with van der Waals surface area (Å²) in [4.78, 5) is 4.31. The number of aromatic nitrogens is 1. The van der Waals surface area contributed by atoms with Gasteiger partial charge in [0.1, 0.15) is 11.5 Å². The highest BCUT2D eigenvalue weighted by Crippen LogP contribution is 2.33. The molecule has 100 valence electrons. The molecule has 1 heterocycles. The second-order valence-corrected chi connectivity index (χ2v) is 5.15. The first-order chi connectivity index (χ1) is 9.78. The molecule has 0 aliphatic rings. The number of hydrogen-bond donors (Lipinski definition) is 0. The lowest BCUT2D eigenvalue weighted by molar-refractivity contribution is 0.419. The molecule has 0 N–H and O–H groups in total. The van der Waals surface area contributed by atoms with Gasteiger partial charge in [0.15, 0.2) is 0 Å². The van der Waals surface area contributed by atoms with E-state index in [0.717, 1.165) is 26.7 Å². The fraction of sp³-hybridized carbons (Fsp3) is 0.0625. The van der Waals surface area contributed by atoms with Crippen molar-refractivity contribution in [2.24, 2.45) is 0 Å². The van der Waals surface area contributed by atoms with Crippen LogP contribution in [0.15, 0.2) is 59.2 Å². The molecule has 2 aromatic carbocycles. The summed E-state index contributed by atoms with van der Waals surface area (Å²) in [6.45, 7) is 0. The number of pyridine rings is 1. The SMILES string of the molecule is COc1cccc2c(Oc3cccc(Br)c3)nccc12. The molecule has 0 unspecified atom stereocenters. The Balaban J connectivity index is 2.08. The zero-order chi connectivity index (χ0) is 13.9. The molecule has 0 atom stereocenters. The van der Waals surface area contributed by atoms with E-state index < -0.39 is 0 Å². The minimum absolute atomic E-state index is 0.569. The average molecular weight is 330 g/mol. The van der Waals surface area contributed by atoms with E-state index in [1.807, 2.05) is 48.5 Å². The van der Waals surface area contributed by atoms with Gasteiger partial charge in [0.25, 0.3) is 0 Å². The fourth-order valence-electron chi connectivity index (χ4n) is 2.05. The molecule has 3 rings (SSSR count). The minimum atomic E-state index is 0.569. The predicted molar refractivity (Wildman–Crippen MR) is 82.5 cm³/mol. The number of benzene rings is 2. The first-order valence-electron chi connectivity index (χ1n) is 6.13. The highest BCUT2D eigenvalue weighted by atomic mass is 79.9. The molecule has 0 spiro atoms. The van der Waals surface area contributed by atoms with Crippen LogP contribution < -0.4 is 9.47 Å². The first-order valence-corrected chi connectivity index (χ1v) is 6.92. The number of methoxy groups -OCH3 is 1. The molecular weight excluding hydrogens is 318 g/mol. The van der Waals surface area contributed by atoms with Crippen LogP contribution in [0.3, 0.4) is 0 Å². The van der Waals surface area contributed by atoms with Crippen LogP contribution in [0.5, 0.6) is 17.4 Å². The Morgan fingerprint density at radius 2 is 1.85 bits per heavy atom. The molecule has 3 aromatic rings. The van der Waals surface area contributed by atoms with E-state index in [2.05, 4.69) is 20.9 Å². The van der Waals surface area contributed by atoms with Crippen molar-refractivity contribution < 1.29 is 9.47 Å². The van der Waals surface area contributed by atoms with Crippen LogP contribution in [0.1, 0.15) is 0 Å². The van der Waals surface area contributed by atoms with Crippen molar-refractivity contribution in [1.82, 2.24) is 4.98 Å². The van der Waals surface area contributed by atoms with E-state index in [1.54, 1.807) is 13.3 Å². The van der Waals surface area contributed by atoms with Crippen molar-refractivity contribution in [2.75, 3.05) is 7.11 Å². The highest BCUT2D eigenvalue weighted by Gasteiger charge is 2.08. The fourth-order valence-corrected chi connectivity index (χ4v) is 2.43. The zero-order valence-electron chi connectivity index (χ0n) is 10.8. The normalized spacial score (nSPS) is 10.5. The Hall–Kier alpha value is -2.07. The van der Waals surface area contributed by atoms with Crippen molar-refractivity contribution in [3.8, 4) is 17.4 Å². The first kappa shape index (κ1) is 12.9. The molecule has 3 nitrogen and oxygen atoms in total. The van der Waals surface area contributed by atoms with Gasteiger partial charge in [-0.05, 0) is 36.4 Å². The van der Waals surface area contributed by atoms with Crippen molar-refractivity contribution >= 4 is 26.7 Å². The second-order valence-electron chi connectivity index (χ2n) is 4.23. The molecule has 1 aromatic heterocycles. The van der Waals surface area contributed by atoms with Crippen molar-refractivity contribution in [3.63, 3.8) is 0 Å². The lowest BCUT2D eigenvalue weighted by Crippen LogP contribution is -1.91. The number of ether oxygens (including phenoxy) is 2. The van der Waals surface area contributed by atoms with Gasteiger partial charge in [-0.25, -0.2) is 4.98 Å². The lowest BCUT2D eigenvalue weighted by atomic mass is 10.1. The summed E-state index contributed by atoms with van der Waals surface area (Å²) in [5.41, 5.74) is 0. The molecule has 0 bridgehead atoms. The van der Waals surface area contributed by atoms with Crippen molar-refractivity contribution in [3.05, 3.63) is 59.2 Å². The van der Waals surface area contributed by atoms with Gasteiger partial charge in [-0.3, -0.25) is 0 Å². The largest absolute Gasteiger partial charge is 0.496 e. The third kappa shape index (κ3) is 2.47. The van der Waals surface area contributed by atoms with Gasteiger partial charge >= 0.3 is 0 Å². The van der Waals surface area contributed by atoms with E-state index in [1.165, 1.54) is 0 Å². The average Bonchev–Trinajstić information content (AvgIpc) is 2.47. The number of fused-ring (bicyclic) bond motifs is 1. The van der Waals surface area contributed by atoms with Gasteiger partial charge in [0.2, 0.25) is 5.88 Å². The van der Waals surface area contributed by atoms with Gasteiger partial charge in [-0.2, -0.15) is 0 Å². The van der Waals surface area contributed by atoms with E-state index in [0.29, 0.717) is 5.88 Å². The van der Waals surface area contributed by atoms with Crippen LogP contribution in [0.25, 0.3) is 10.8 Å². The summed E-state index contributed by atoms with van der Waals surface area (Å²) < 4.78 is 12.2. The molecule has 0 aliphatic heterocycles. The molecule has 0 saturated carbocycles. The Morgan fingerprint density at radius 3 is 2.65 bits per heavy atom. The summed E-state index contributed by atoms with van der Waals surface area (Å²) in [5.74, 6) is 2.12. The van der Waals surface area contributed by atoms with E-state index in [9.17, 15) is 0 Å². The minimum Gasteiger partial charge on any atom is -0.496 e. The van der Waals surface area contributed by atoms with E-state index in [4.69, 9.17) is 9.47 Å². The standard InChI is InChI=1S/C16H12BrNO2/c1-19-15-7-3-6-14-13(15)8-9-18-16(14)20-12-5-2-4-11(17)10-12/h2-10H,1H3. The van der Waals surface area contributed by atoms with Crippen LogP contribution in [-0.4, -0.2) is 12.1 Å². The molecule has 0 amide bonds. The van der Waals surface area contributed by atoms with Gasteiger partial charge in [-0.15, -0.1) is 0 Å². The van der Waals surface area contributed by atoms with Crippen molar-refractivity contribution in [1.29, 1.82) is 0 Å². The number of rotatable bonds is 3. The topological polar surface area (TPSA) is 31.4 Å². The molecule has 4 heteroatoms. The maximum atomic E-state index is 5.88. The number of nitrogens with zero attached hydrogens (tertiary/aromatic N) is 1. The number of halogens is 1. The van der Waals surface area contributed by atoms with Gasteiger partial charge < -0.3 is 9.47 Å². The second kappa shape index (κ2) is 5.51. The third-order valence-corrected chi connectivity index (χ3v) is 3.45. The molecule has 0 saturated heterocycles. The molecule has 0 radical (unpaired) electrons. The summed E-state index contributed by atoms with van der Waals surface area (Å²) >= 11 is 3.43. The van der Waals surface area contributed by atoms with E-state index >= 15 is 0 Å². The van der Waals surface area contributed by atoms with E-state index in [-0.39, 0.29) is 0 Å². The number of hydrogen-bond acceptors (Lipinski definition) is 3.